The van der Waals surface area contributed by atoms with E-state index in [1.54, 1.807) is 11.3 Å². The zero-order valence-electron chi connectivity index (χ0n) is 15.0. The van der Waals surface area contributed by atoms with Crippen molar-refractivity contribution in [2.45, 2.75) is 38.8 Å². The third kappa shape index (κ3) is 2.91. The molecular formula is C21H26N2OS. The van der Waals surface area contributed by atoms with Crippen LogP contribution in [0.25, 0.3) is 0 Å². The third-order valence-corrected chi connectivity index (χ3v) is 6.82. The predicted molar refractivity (Wildman–Crippen MR) is 103 cm³/mol. The number of benzene rings is 1. The Bertz CT molecular complexity index is 718. The minimum atomic E-state index is 0.209. The molecule has 1 unspecified atom stereocenters. The fourth-order valence-electron chi connectivity index (χ4n) is 4.58. The molecule has 1 aromatic carbocycles. The van der Waals surface area contributed by atoms with Crippen LogP contribution in [0.3, 0.4) is 0 Å². The number of hydrogen-bond acceptors (Lipinski definition) is 3. The molecule has 2 fully saturated rings. The second-order valence-corrected chi connectivity index (χ2v) is 8.66. The number of carbonyl (C=O) groups excluding carboxylic acids is 1. The number of piperidine rings is 1. The lowest BCUT2D eigenvalue weighted by Crippen LogP contribution is -2.64. The first-order chi connectivity index (χ1) is 12.1. The average molecular weight is 355 g/mol. The Balaban J connectivity index is 1.50. The van der Waals surface area contributed by atoms with Gasteiger partial charge in [0.1, 0.15) is 0 Å². The van der Waals surface area contributed by atoms with Gasteiger partial charge in [-0.05, 0) is 43.7 Å². The lowest BCUT2D eigenvalue weighted by molar-refractivity contribution is -0.124. The number of carbonyl (C=O) groups is 1. The van der Waals surface area contributed by atoms with Crippen LogP contribution >= 0.6 is 11.3 Å². The van der Waals surface area contributed by atoms with E-state index in [0.717, 1.165) is 37.4 Å². The molecule has 3 nitrogen and oxygen atoms in total. The van der Waals surface area contributed by atoms with Gasteiger partial charge in [0, 0.05) is 37.1 Å². The van der Waals surface area contributed by atoms with Gasteiger partial charge in [0.15, 0.2) is 0 Å². The van der Waals surface area contributed by atoms with E-state index in [2.05, 4.69) is 54.0 Å². The molecular weight excluding hydrogens is 328 g/mol. The molecule has 4 rings (SSSR count). The van der Waals surface area contributed by atoms with E-state index in [-0.39, 0.29) is 5.91 Å². The summed E-state index contributed by atoms with van der Waals surface area (Å²) in [4.78, 5) is 18.2. The van der Waals surface area contributed by atoms with Crippen LogP contribution in [0.1, 0.15) is 48.0 Å². The van der Waals surface area contributed by atoms with Gasteiger partial charge in [-0.25, -0.2) is 0 Å². The Morgan fingerprint density at radius 3 is 2.44 bits per heavy atom. The first kappa shape index (κ1) is 16.8. The molecule has 3 heterocycles. The summed E-state index contributed by atoms with van der Waals surface area (Å²) in [6.45, 7) is 7.50. The smallest absolute Gasteiger partial charge is 0.263 e. The van der Waals surface area contributed by atoms with Gasteiger partial charge in [0.2, 0.25) is 0 Å². The van der Waals surface area contributed by atoms with Crippen molar-refractivity contribution in [3.8, 4) is 0 Å². The lowest BCUT2D eigenvalue weighted by Gasteiger charge is -2.62. The molecule has 0 aliphatic carbocycles. The standard InChI is InChI=1S/C21H26N2OS/c1-16(2)23-15-21(19(23)17-7-4-3-5-8-17)10-12-22(13-11-21)20(24)18-9-6-14-25-18/h3-9,14,16,19H,10-13,15H2,1-2H3. The van der Waals surface area contributed by atoms with Crippen molar-refractivity contribution in [1.82, 2.24) is 9.80 Å². The maximum atomic E-state index is 12.6. The molecule has 0 N–H and O–H groups in total. The van der Waals surface area contributed by atoms with Crippen LogP contribution in [-0.2, 0) is 0 Å². The van der Waals surface area contributed by atoms with E-state index in [0.29, 0.717) is 17.5 Å². The molecule has 0 saturated carbocycles. The maximum Gasteiger partial charge on any atom is 0.263 e. The summed E-state index contributed by atoms with van der Waals surface area (Å²) in [7, 11) is 0. The SMILES string of the molecule is CC(C)N1CC2(CCN(C(=O)c3cccs3)CC2)C1c1ccccc1. The molecule has 4 heteroatoms. The first-order valence-electron chi connectivity index (χ1n) is 9.24. The van der Waals surface area contributed by atoms with Crippen LogP contribution in [0.15, 0.2) is 47.8 Å². The summed E-state index contributed by atoms with van der Waals surface area (Å²) in [5.41, 5.74) is 1.76. The fourth-order valence-corrected chi connectivity index (χ4v) is 5.28. The van der Waals surface area contributed by atoms with Crippen LogP contribution in [0.5, 0.6) is 0 Å². The Morgan fingerprint density at radius 2 is 1.84 bits per heavy atom. The van der Waals surface area contributed by atoms with Gasteiger partial charge in [-0.2, -0.15) is 0 Å². The quantitative estimate of drug-likeness (QED) is 0.814. The van der Waals surface area contributed by atoms with Crippen molar-refractivity contribution < 1.29 is 4.79 Å². The van der Waals surface area contributed by atoms with Crippen molar-refractivity contribution in [2.24, 2.45) is 5.41 Å². The molecule has 1 aromatic heterocycles. The zero-order chi connectivity index (χ0) is 17.4. The van der Waals surface area contributed by atoms with Gasteiger partial charge < -0.3 is 4.90 Å². The van der Waals surface area contributed by atoms with E-state index >= 15 is 0 Å². The van der Waals surface area contributed by atoms with Crippen molar-refractivity contribution in [3.05, 3.63) is 58.3 Å². The summed E-state index contributed by atoms with van der Waals surface area (Å²) in [6, 6.07) is 15.9. The van der Waals surface area contributed by atoms with Crippen molar-refractivity contribution in [3.63, 3.8) is 0 Å². The molecule has 2 saturated heterocycles. The Morgan fingerprint density at radius 1 is 1.12 bits per heavy atom. The van der Waals surface area contributed by atoms with Gasteiger partial charge in [0.05, 0.1) is 4.88 Å². The molecule has 1 amide bonds. The second kappa shape index (κ2) is 6.58. The van der Waals surface area contributed by atoms with Gasteiger partial charge in [0.25, 0.3) is 5.91 Å². The highest BCUT2D eigenvalue weighted by molar-refractivity contribution is 7.12. The van der Waals surface area contributed by atoms with Gasteiger partial charge in [-0.3, -0.25) is 9.69 Å². The maximum absolute atomic E-state index is 12.6. The summed E-state index contributed by atoms with van der Waals surface area (Å²) >= 11 is 1.55. The van der Waals surface area contributed by atoms with Crippen molar-refractivity contribution in [2.75, 3.05) is 19.6 Å². The number of amides is 1. The van der Waals surface area contributed by atoms with Gasteiger partial charge in [-0.1, -0.05) is 36.4 Å². The molecule has 1 spiro atoms. The highest BCUT2D eigenvalue weighted by atomic mass is 32.1. The van der Waals surface area contributed by atoms with E-state index in [1.807, 2.05) is 17.5 Å². The lowest BCUT2D eigenvalue weighted by atomic mass is 9.62. The Labute approximate surface area is 154 Å². The predicted octanol–water partition coefficient (Wildman–Crippen LogP) is 4.44. The molecule has 132 valence electrons. The van der Waals surface area contributed by atoms with Crippen LogP contribution in [0.2, 0.25) is 0 Å². The molecule has 1 atom stereocenters. The number of nitrogens with zero attached hydrogens (tertiary/aromatic N) is 2. The highest BCUT2D eigenvalue weighted by Crippen LogP contribution is 2.55. The molecule has 2 aliphatic rings. The highest BCUT2D eigenvalue weighted by Gasteiger charge is 2.54. The molecule has 0 bridgehead atoms. The summed E-state index contributed by atoms with van der Waals surface area (Å²) in [5, 5.41) is 1.98. The van der Waals surface area contributed by atoms with E-state index < -0.39 is 0 Å². The fraction of sp³-hybridized carbons (Fsp3) is 0.476. The molecule has 2 aliphatic heterocycles. The second-order valence-electron chi connectivity index (χ2n) is 7.71. The van der Waals surface area contributed by atoms with E-state index in [1.165, 1.54) is 5.56 Å². The van der Waals surface area contributed by atoms with Crippen LogP contribution in [-0.4, -0.2) is 41.4 Å². The number of thiophene rings is 1. The van der Waals surface area contributed by atoms with Gasteiger partial charge in [-0.15, -0.1) is 11.3 Å². The van der Waals surface area contributed by atoms with Crippen LogP contribution < -0.4 is 0 Å². The molecule has 2 aromatic rings. The van der Waals surface area contributed by atoms with E-state index in [9.17, 15) is 4.79 Å². The van der Waals surface area contributed by atoms with E-state index in [4.69, 9.17) is 0 Å². The Kier molecular flexibility index (Phi) is 4.42. The minimum Gasteiger partial charge on any atom is -0.338 e. The van der Waals surface area contributed by atoms with Crippen LogP contribution in [0.4, 0.5) is 0 Å². The monoisotopic (exact) mass is 354 g/mol. The number of hydrogen-bond donors (Lipinski definition) is 0. The minimum absolute atomic E-state index is 0.209. The summed E-state index contributed by atoms with van der Waals surface area (Å²) < 4.78 is 0. The van der Waals surface area contributed by atoms with Gasteiger partial charge >= 0.3 is 0 Å². The zero-order valence-corrected chi connectivity index (χ0v) is 15.8. The number of rotatable bonds is 3. The van der Waals surface area contributed by atoms with Crippen LogP contribution in [0, 0.1) is 5.41 Å². The van der Waals surface area contributed by atoms with Crippen molar-refractivity contribution in [1.29, 1.82) is 0 Å². The normalized spacial score (nSPS) is 23.0. The molecule has 25 heavy (non-hydrogen) atoms. The summed E-state index contributed by atoms with van der Waals surface area (Å²) in [6.07, 6.45) is 2.21. The topological polar surface area (TPSA) is 23.6 Å². The number of likely N-dealkylation sites (tertiary alicyclic amines) is 2. The average Bonchev–Trinajstić information content (AvgIpc) is 3.15. The summed E-state index contributed by atoms with van der Waals surface area (Å²) in [5.74, 6) is 0.209. The third-order valence-electron chi connectivity index (χ3n) is 5.97. The van der Waals surface area contributed by atoms with Crippen molar-refractivity contribution >= 4 is 17.2 Å². The molecule has 0 radical (unpaired) electrons. The Hall–Kier alpha value is -1.65. The largest absolute Gasteiger partial charge is 0.338 e. The first-order valence-corrected chi connectivity index (χ1v) is 10.1.